The average Bonchev–Trinajstić information content (AvgIpc) is 3.51. The van der Waals surface area contributed by atoms with E-state index in [9.17, 15) is 4.39 Å². The Morgan fingerprint density at radius 2 is 2.20 bits per heavy atom. The first-order valence-electron chi connectivity index (χ1n) is 11.6. The predicted molar refractivity (Wildman–Crippen MR) is 130 cm³/mol. The van der Waals surface area contributed by atoms with E-state index in [0.29, 0.717) is 34.5 Å². The molecule has 5 heterocycles. The van der Waals surface area contributed by atoms with E-state index in [-0.39, 0.29) is 23.3 Å². The fourth-order valence-electron chi connectivity index (χ4n) is 5.87. The van der Waals surface area contributed by atoms with Crippen LogP contribution in [0.15, 0.2) is 36.8 Å². The molecule has 35 heavy (non-hydrogen) atoms. The summed E-state index contributed by atoms with van der Waals surface area (Å²) < 4.78 is 22.2. The highest BCUT2D eigenvalue weighted by Crippen LogP contribution is 2.52. The lowest BCUT2D eigenvalue weighted by atomic mass is 9.60. The summed E-state index contributed by atoms with van der Waals surface area (Å²) in [6, 6.07) is 5.15. The Hall–Kier alpha value is -3.99. The van der Waals surface area contributed by atoms with Crippen LogP contribution in [-0.2, 0) is 0 Å². The third kappa shape index (κ3) is 2.97. The summed E-state index contributed by atoms with van der Waals surface area (Å²) >= 11 is 0. The summed E-state index contributed by atoms with van der Waals surface area (Å²) in [4.78, 5) is 19.4. The van der Waals surface area contributed by atoms with Crippen LogP contribution in [0.3, 0.4) is 0 Å². The molecule has 3 unspecified atom stereocenters. The van der Waals surface area contributed by atoms with Gasteiger partial charge in [-0.25, -0.2) is 13.9 Å². The Kier molecular flexibility index (Phi) is 4.09. The Labute approximate surface area is 199 Å². The van der Waals surface area contributed by atoms with Gasteiger partial charge in [-0.15, -0.1) is 0 Å². The van der Waals surface area contributed by atoms with Crippen molar-refractivity contribution in [3.63, 3.8) is 0 Å². The van der Waals surface area contributed by atoms with E-state index in [1.54, 1.807) is 36.2 Å². The number of nitrogens with one attached hydrogen (secondary N) is 2. The molecule has 178 valence electrons. The van der Waals surface area contributed by atoms with Crippen molar-refractivity contribution in [1.82, 2.24) is 29.5 Å². The largest absolute Gasteiger partial charge is 0.421 e. The van der Waals surface area contributed by atoms with E-state index >= 15 is 0 Å². The van der Waals surface area contributed by atoms with Crippen molar-refractivity contribution in [3.05, 3.63) is 42.6 Å². The van der Waals surface area contributed by atoms with E-state index in [2.05, 4.69) is 37.2 Å². The zero-order valence-electron chi connectivity index (χ0n) is 19.3. The van der Waals surface area contributed by atoms with Gasteiger partial charge in [0.15, 0.2) is 11.4 Å². The number of aromatic nitrogens is 6. The standard InChI is InChI=1S/C24H24FN9O/c1-24-7-16(26)15(24)10-33(11-24)22-19-14-5-12(25)6-17(27-2)20(14)30-21(19)31-23(32-22)35-13-8-28-18-3-4-29-34(18)9-13/h3-6,8-9,15-16,27H,7,10-11,26H2,1-2H3,(H,30,31,32). The number of nitrogens with zero attached hydrogens (tertiary/aromatic N) is 6. The zero-order valence-corrected chi connectivity index (χ0v) is 19.3. The van der Waals surface area contributed by atoms with Crippen molar-refractivity contribution in [3.8, 4) is 11.8 Å². The lowest BCUT2D eigenvalue weighted by molar-refractivity contribution is 0.0771. The molecule has 1 aliphatic heterocycles. The number of ether oxygens (including phenoxy) is 1. The number of aromatic amines is 1. The highest BCUT2D eigenvalue weighted by atomic mass is 19.1. The lowest BCUT2D eigenvalue weighted by Crippen LogP contribution is -2.53. The van der Waals surface area contributed by atoms with E-state index < -0.39 is 0 Å². The van der Waals surface area contributed by atoms with Gasteiger partial charge < -0.3 is 25.7 Å². The van der Waals surface area contributed by atoms with E-state index in [1.165, 1.54) is 12.1 Å². The molecule has 0 bridgehead atoms. The number of rotatable bonds is 4. The van der Waals surface area contributed by atoms with Crippen molar-refractivity contribution in [2.75, 3.05) is 30.4 Å². The van der Waals surface area contributed by atoms with Gasteiger partial charge in [0.05, 0.1) is 35.2 Å². The molecule has 3 atom stereocenters. The van der Waals surface area contributed by atoms with Gasteiger partial charge in [-0.3, -0.25) is 0 Å². The zero-order chi connectivity index (χ0) is 23.9. The van der Waals surface area contributed by atoms with Gasteiger partial charge in [0.25, 0.3) is 0 Å². The number of H-pyrrole nitrogens is 1. The van der Waals surface area contributed by atoms with Gasteiger partial charge in [0, 0.05) is 37.6 Å². The first-order chi connectivity index (χ1) is 16.9. The highest BCUT2D eigenvalue weighted by Gasteiger charge is 2.55. The average molecular weight is 474 g/mol. The second-order valence-corrected chi connectivity index (χ2v) is 9.84. The first-order valence-corrected chi connectivity index (χ1v) is 11.6. The summed E-state index contributed by atoms with van der Waals surface area (Å²) in [5.41, 5.74) is 9.17. The Morgan fingerprint density at radius 1 is 1.31 bits per heavy atom. The third-order valence-corrected chi connectivity index (χ3v) is 7.57. The number of fused-ring (bicyclic) bond motifs is 5. The second-order valence-electron chi connectivity index (χ2n) is 9.84. The SMILES string of the molecule is CNc1cc(F)cc2c1[nH]c1nc(Oc3cnc4ccnn4c3)nc(N3CC4C(N)CC4(C)C3)c12. The van der Waals surface area contributed by atoms with Crippen molar-refractivity contribution in [2.24, 2.45) is 17.1 Å². The smallest absolute Gasteiger partial charge is 0.326 e. The topological polar surface area (TPSA) is 122 Å². The molecule has 11 heteroatoms. The monoisotopic (exact) mass is 473 g/mol. The van der Waals surface area contributed by atoms with Gasteiger partial charge in [-0.1, -0.05) is 6.92 Å². The maximum atomic E-state index is 14.5. The van der Waals surface area contributed by atoms with Crippen LogP contribution in [0.4, 0.5) is 15.9 Å². The van der Waals surface area contributed by atoms with Crippen LogP contribution in [0.1, 0.15) is 13.3 Å². The molecule has 1 aliphatic carbocycles. The van der Waals surface area contributed by atoms with Crippen molar-refractivity contribution >= 4 is 39.1 Å². The van der Waals surface area contributed by atoms with E-state index in [4.69, 9.17) is 15.5 Å². The van der Waals surface area contributed by atoms with Gasteiger partial charge >= 0.3 is 6.01 Å². The lowest BCUT2D eigenvalue weighted by Gasteiger charge is -2.46. The molecular formula is C24H24FN9O. The Morgan fingerprint density at radius 3 is 3.00 bits per heavy atom. The fraction of sp³-hybridized carbons (Fsp3) is 0.333. The molecule has 1 saturated heterocycles. The molecule has 1 aromatic carbocycles. The molecule has 2 aliphatic rings. The maximum Gasteiger partial charge on any atom is 0.326 e. The van der Waals surface area contributed by atoms with Gasteiger partial charge in [0.2, 0.25) is 0 Å². The second kappa shape index (κ2) is 7.01. The van der Waals surface area contributed by atoms with Crippen molar-refractivity contribution < 1.29 is 9.13 Å². The van der Waals surface area contributed by atoms with Gasteiger partial charge in [-0.2, -0.15) is 15.1 Å². The number of anilines is 2. The summed E-state index contributed by atoms with van der Waals surface area (Å²) in [5.74, 6) is 1.22. The molecule has 0 spiro atoms. The Balaban J connectivity index is 1.40. The minimum Gasteiger partial charge on any atom is -0.421 e. The maximum absolute atomic E-state index is 14.5. The van der Waals surface area contributed by atoms with Crippen molar-refractivity contribution in [2.45, 2.75) is 19.4 Å². The minimum absolute atomic E-state index is 0.139. The van der Waals surface area contributed by atoms with Crippen LogP contribution in [0.5, 0.6) is 11.8 Å². The van der Waals surface area contributed by atoms with Crippen LogP contribution in [0.25, 0.3) is 27.6 Å². The van der Waals surface area contributed by atoms with Crippen LogP contribution in [0.2, 0.25) is 0 Å². The quantitative estimate of drug-likeness (QED) is 0.363. The van der Waals surface area contributed by atoms with Crippen LogP contribution in [-0.4, -0.2) is 55.7 Å². The van der Waals surface area contributed by atoms with Gasteiger partial charge in [0.1, 0.15) is 17.3 Å². The summed E-state index contributed by atoms with van der Waals surface area (Å²) in [6.45, 7) is 3.87. The molecule has 1 saturated carbocycles. The molecule has 4 aromatic heterocycles. The van der Waals surface area contributed by atoms with Gasteiger partial charge in [-0.05, 0) is 29.9 Å². The minimum atomic E-state index is -0.330. The molecule has 4 N–H and O–H groups in total. The predicted octanol–water partition coefficient (Wildman–Crippen LogP) is 3.30. The fourth-order valence-corrected chi connectivity index (χ4v) is 5.87. The molecule has 0 amide bonds. The van der Waals surface area contributed by atoms with Crippen LogP contribution in [0, 0.1) is 17.2 Å². The number of hydrogen-bond acceptors (Lipinski definition) is 8. The van der Waals surface area contributed by atoms with Crippen molar-refractivity contribution in [1.29, 1.82) is 0 Å². The third-order valence-electron chi connectivity index (χ3n) is 7.57. The normalized spacial score (nSPS) is 23.7. The number of nitrogens with two attached hydrogens (primary N) is 1. The summed E-state index contributed by atoms with van der Waals surface area (Å²) in [6.07, 6.45) is 5.99. The molecule has 10 nitrogen and oxygen atoms in total. The summed E-state index contributed by atoms with van der Waals surface area (Å²) in [5, 5.41) is 8.77. The molecule has 5 aromatic rings. The molecule has 7 rings (SSSR count). The number of benzene rings is 1. The Bertz CT molecular complexity index is 1630. The van der Waals surface area contributed by atoms with Crippen LogP contribution >= 0.6 is 0 Å². The molecule has 2 fully saturated rings. The first kappa shape index (κ1) is 20.4. The molecular weight excluding hydrogens is 449 g/mol. The highest BCUT2D eigenvalue weighted by molar-refractivity contribution is 6.14. The van der Waals surface area contributed by atoms with E-state index in [0.717, 1.165) is 35.8 Å². The number of hydrogen-bond donors (Lipinski definition) is 3. The summed E-state index contributed by atoms with van der Waals surface area (Å²) in [7, 11) is 1.76. The van der Waals surface area contributed by atoms with Crippen LogP contribution < -0.4 is 20.7 Å². The number of halogens is 1. The van der Waals surface area contributed by atoms with E-state index in [1.807, 2.05) is 0 Å². The molecule has 0 radical (unpaired) electrons.